The zero-order chi connectivity index (χ0) is 20.1. The van der Waals surface area contributed by atoms with Gasteiger partial charge in [0.25, 0.3) is 5.91 Å². The summed E-state index contributed by atoms with van der Waals surface area (Å²) < 4.78 is 42.2. The molecule has 2 aliphatic heterocycles. The zero-order valence-corrected chi connectivity index (χ0v) is 16.0. The number of hydrogen-bond acceptors (Lipinski definition) is 3. The maximum Gasteiger partial charge on any atom is 0.410 e. The van der Waals surface area contributed by atoms with Crippen LogP contribution in [0.3, 0.4) is 0 Å². The van der Waals surface area contributed by atoms with Crippen LogP contribution >= 0.6 is 11.6 Å². The Labute approximate surface area is 165 Å². The van der Waals surface area contributed by atoms with Crippen molar-refractivity contribution in [1.29, 1.82) is 0 Å². The third kappa shape index (κ3) is 3.34. The SMILES string of the molecule is Cc1ccc([C@@H]2C[C@@H](C(F)(F)F)n3nc(C(=O)N4CCCC4)c(Cl)c3N2)cc1. The quantitative estimate of drug-likeness (QED) is 0.775. The van der Waals surface area contributed by atoms with E-state index in [2.05, 4.69) is 10.4 Å². The monoisotopic (exact) mass is 412 g/mol. The Kier molecular flexibility index (Phi) is 4.77. The summed E-state index contributed by atoms with van der Waals surface area (Å²) in [5.74, 6) is -0.373. The lowest BCUT2D eigenvalue weighted by molar-refractivity contribution is -0.173. The third-order valence-electron chi connectivity index (χ3n) is 5.37. The van der Waals surface area contributed by atoms with Crippen LogP contribution in [0.4, 0.5) is 19.0 Å². The van der Waals surface area contributed by atoms with E-state index in [1.165, 1.54) is 0 Å². The summed E-state index contributed by atoms with van der Waals surface area (Å²) >= 11 is 6.35. The van der Waals surface area contributed by atoms with Crippen LogP contribution in [0.1, 0.15) is 53.0 Å². The molecule has 0 aliphatic carbocycles. The second kappa shape index (κ2) is 6.99. The van der Waals surface area contributed by atoms with Crippen molar-refractivity contribution < 1.29 is 18.0 Å². The van der Waals surface area contributed by atoms with Gasteiger partial charge in [-0.3, -0.25) is 4.79 Å². The molecular formula is C19H20ClF3N4O. The standard InChI is InChI=1S/C19H20ClF3N4O/c1-11-4-6-12(7-5-11)13-10-14(19(21,22)23)27-17(24-13)15(20)16(25-27)18(28)26-8-2-3-9-26/h4-7,13-14,24H,2-3,8-10H2,1H3/t13-,14-/m0/s1. The van der Waals surface area contributed by atoms with Gasteiger partial charge in [0.2, 0.25) is 0 Å². The largest absolute Gasteiger partial charge is 0.410 e. The summed E-state index contributed by atoms with van der Waals surface area (Å²) in [6.45, 7) is 3.05. The minimum atomic E-state index is -4.51. The molecule has 28 heavy (non-hydrogen) atoms. The first-order valence-electron chi connectivity index (χ1n) is 9.23. The van der Waals surface area contributed by atoms with Crippen LogP contribution in [0, 0.1) is 6.92 Å². The van der Waals surface area contributed by atoms with E-state index in [0.717, 1.165) is 28.7 Å². The highest BCUT2D eigenvalue weighted by atomic mass is 35.5. The van der Waals surface area contributed by atoms with Crippen molar-refractivity contribution in [3.8, 4) is 0 Å². The second-order valence-corrected chi connectivity index (χ2v) is 7.73. The van der Waals surface area contributed by atoms with Crippen LogP contribution < -0.4 is 5.32 Å². The second-order valence-electron chi connectivity index (χ2n) is 7.36. The van der Waals surface area contributed by atoms with Gasteiger partial charge in [0, 0.05) is 19.5 Å². The minimum absolute atomic E-state index is 0.0448. The van der Waals surface area contributed by atoms with Crippen molar-refractivity contribution in [1.82, 2.24) is 14.7 Å². The summed E-state index contributed by atoms with van der Waals surface area (Å²) in [5.41, 5.74) is 1.63. The van der Waals surface area contributed by atoms with Crippen molar-refractivity contribution >= 4 is 23.3 Å². The van der Waals surface area contributed by atoms with Crippen molar-refractivity contribution in [3.63, 3.8) is 0 Å². The van der Waals surface area contributed by atoms with E-state index in [4.69, 9.17) is 11.6 Å². The smallest absolute Gasteiger partial charge is 0.362 e. The number of amides is 1. The van der Waals surface area contributed by atoms with E-state index in [1.54, 1.807) is 17.0 Å². The molecule has 1 aromatic heterocycles. The number of nitrogens with zero attached hydrogens (tertiary/aromatic N) is 3. The van der Waals surface area contributed by atoms with Gasteiger partial charge in [-0.05, 0) is 25.3 Å². The van der Waals surface area contributed by atoms with Crippen molar-refractivity contribution in [3.05, 3.63) is 46.1 Å². The number of likely N-dealkylation sites (tertiary alicyclic amines) is 1. The Morgan fingerprint density at radius 2 is 1.86 bits per heavy atom. The first-order valence-corrected chi connectivity index (χ1v) is 9.60. The summed E-state index contributed by atoms with van der Waals surface area (Å²) in [5, 5.41) is 7.01. The molecule has 5 nitrogen and oxygen atoms in total. The lowest BCUT2D eigenvalue weighted by Crippen LogP contribution is -2.36. The predicted molar refractivity (Wildman–Crippen MR) is 99.6 cm³/mol. The van der Waals surface area contributed by atoms with Crippen molar-refractivity contribution in [2.24, 2.45) is 0 Å². The van der Waals surface area contributed by atoms with Crippen molar-refractivity contribution in [2.45, 2.75) is 44.4 Å². The Balaban J connectivity index is 1.73. The number of halogens is 4. The molecule has 150 valence electrons. The molecule has 1 amide bonds. The van der Waals surface area contributed by atoms with E-state index in [1.807, 2.05) is 19.1 Å². The average Bonchev–Trinajstić information content (AvgIpc) is 3.29. The van der Waals surface area contributed by atoms with E-state index in [0.29, 0.717) is 13.1 Å². The number of aryl methyl sites for hydroxylation is 1. The number of aromatic nitrogens is 2. The summed E-state index contributed by atoms with van der Waals surface area (Å²) in [6, 6.07) is 4.88. The molecule has 0 unspecified atom stereocenters. The van der Waals surface area contributed by atoms with E-state index in [-0.39, 0.29) is 23.0 Å². The van der Waals surface area contributed by atoms with Crippen LogP contribution in [0.15, 0.2) is 24.3 Å². The molecule has 0 spiro atoms. The van der Waals surface area contributed by atoms with E-state index in [9.17, 15) is 18.0 Å². The first-order chi connectivity index (χ1) is 13.3. The van der Waals surface area contributed by atoms with Gasteiger partial charge in [-0.2, -0.15) is 18.3 Å². The fraction of sp³-hybridized carbons (Fsp3) is 0.474. The molecule has 1 N–H and O–H groups in total. The van der Waals surface area contributed by atoms with E-state index >= 15 is 0 Å². The number of fused-ring (bicyclic) bond motifs is 1. The molecule has 0 saturated carbocycles. The van der Waals surface area contributed by atoms with Gasteiger partial charge in [-0.1, -0.05) is 41.4 Å². The topological polar surface area (TPSA) is 50.2 Å². The summed E-state index contributed by atoms with van der Waals surface area (Å²) in [6.07, 6.45) is -3.00. The number of carbonyl (C=O) groups is 1. The lowest BCUT2D eigenvalue weighted by atomic mass is 9.96. The molecule has 3 heterocycles. The van der Waals surface area contributed by atoms with Gasteiger partial charge in [0.1, 0.15) is 10.8 Å². The number of benzene rings is 1. The van der Waals surface area contributed by atoms with Crippen LogP contribution in [0.25, 0.3) is 0 Å². The molecule has 2 atom stereocenters. The number of alkyl halides is 3. The fourth-order valence-corrected chi connectivity index (χ4v) is 4.07. The minimum Gasteiger partial charge on any atom is -0.362 e. The number of nitrogens with one attached hydrogen (secondary N) is 1. The highest BCUT2D eigenvalue weighted by molar-refractivity contribution is 6.36. The Bertz CT molecular complexity index is 888. The molecular weight excluding hydrogens is 393 g/mol. The van der Waals surface area contributed by atoms with Gasteiger partial charge < -0.3 is 10.2 Å². The number of anilines is 1. The van der Waals surface area contributed by atoms with Crippen LogP contribution in [-0.4, -0.2) is 39.9 Å². The lowest BCUT2D eigenvalue weighted by Gasteiger charge is -2.33. The van der Waals surface area contributed by atoms with E-state index < -0.39 is 24.2 Å². The van der Waals surface area contributed by atoms with Crippen LogP contribution in [-0.2, 0) is 0 Å². The van der Waals surface area contributed by atoms with Crippen LogP contribution in [0.5, 0.6) is 0 Å². The maximum absolute atomic E-state index is 13.8. The average molecular weight is 413 g/mol. The summed E-state index contributed by atoms with van der Waals surface area (Å²) in [7, 11) is 0. The molecule has 2 aromatic rings. The fourth-order valence-electron chi connectivity index (χ4n) is 3.81. The maximum atomic E-state index is 13.8. The van der Waals surface area contributed by atoms with Gasteiger partial charge in [0.05, 0.1) is 6.04 Å². The third-order valence-corrected chi connectivity index (χ3v) is 5.73. The number of carbonyl (C=O) groups excluding carboxylic acids is 1. The van der Waals surface area contributed by atoms with Gasteiger partial charge in [-0.15, -0.1) is 0 Å². The molecule has 1 fully saturated rings. The predicted octanol–water partition coefficient (Wildman–Crippen LogP) is 4.74. The molecule has 0 bridgehead atoms. The highest BCUT2D eigenvalue weighted by Gasteiger charge is 2.48. The summed E-state index contributed by atoms with van der Waals surface area (Å²) in [4.78, 5) is 14.3. The van der Waals surface area contributed by atoms with Gasteiger partial charge >= 0.3 is 6.18 Å². The molecule has 2 aliphatic rings. The van der Waals surface area contributed by atoms with Gasteiger partial charge in [-0.25, -0.2) is 4.68 Å². The Hall–Kier alpha value is -2.22. The molecule has 0 radical (unpaired) electrons. The van der Waals surface area contributed by atoms with Gasteiger partial charge in [0.15, 0.2) is 11.7 Å². The molecule has 4 rings (SSSR count). The number of hydrogen-bond donors (Lipinski definition) is 1. The highest BCUT2D eigenvalue weighted by Crippen LogP contribution is 2.46. The molecule has 1 saturated heterocycles. The zero-order valence-electron chi connectivity index (χ0n) is 15.3. The van der Waals surface area contributed by atoms with Crippen molar-refractivity contribution in [2.75, 3.05) is 18.4 Å². The Morgan fingerprint density at radius 3 is 2.46 bits per heavy atom. The normalized spacial score (nSPS) is 22.1. The molecule has 1 aromatic carbocycles. The first kappa shape index (κ1) is 19.1. The Morgan fingerprint density at radius 1 is 1.21 bits per heavy atom. The number of rotatable bonds is 2. The van der Waals surface area contributed by atoms with Crippen LogP contribution in [0.2, 0.25) is 5.02 Å². The molecule has 9 heteroatoms.